The third-order valence-electron chi connectivity index (χ3n) is 6.22. The van der Waals surface area contributed by atoms with Crippen molar-refractivity contribution in [3.8, 4) is 0 Å². The van der Waals surface area contributed by atoms with Crippen LogP contribution in [-0.4, -0.2) is 19.7 Å². The van der Waals surface area contributed by atoms with Crippen molar-refractivity contribution in [3.05, 3.63) is 71.9 Å². The van der Waals surface area contributed by atoms with E-state index in [1.54, 1.807) is 12.1 Å². The molecule has 4 rings (SSSR count). The van der Waals surface area contributed by atoms with Crippen molar-refractivity contribution >= 4 is 20.7 Å². The number of benzene rings is 2. The Kier molecular flexibility index (Phi) is 5.24. The average molecular weight is 394 g/mol. The van der Waals surface area contributed by atoms with Crippen molar-refractivity contribution < 1.29 is 8.42 Å². The van der Waals surface area contributed by atoms with Crippen LogP contribution in [0.15, 0.2) is 65.7 Å². The Morgan fingerprint density at radius 1 is 1.04 bits per heavy atom. The summed E-state index contributed by atoms with van der Waals surface area (Å²) in [5, 5.41) is 1.27. The molecule has 0 saturated heterocycles. The molecule has 0 amide bonds. The van der Waals surface area contributed by atoms with E-state index in [4.69, 9.17) is 0 Å². The molecule has 1 unspecified atom stereocenters. The first-order chi connectivity index (χ1) is 13.4. The van der Waals surface area contributed by atoms with Gasteiger partial charge in [-0.25, -0.2) is 8.42 Å². The van der Waals surface area contributed by atoms with Gasteiger partial charge in [0.15, 0.2) is 9.84 Å². The maximum absolute atomic E-state index is 11.7. The largest absolute Gasteiger partial charge is 0.256 e. The molecule has 1 aromatic heterocycles. The van der Waals surface area contributed by atoms with Crippen molar-refractivity contribution in [2.75, 3.05) is 6.26 Å². The van der Waals surface area contributed by atoms with Gasteiger partial charge in [0.25, 0.3) is 0 Å². The summed E-state index contributed by atoms with van der Waals surface area (Å²) in [5.74, 6) is 1.76. The van der Waals surface area contributed by atoms with Crippen molar-refractivity contribution in [3.63, 3.8) is 0 Å². The van der Waals surface area contributed by atoms with Gasteiger partial charge in [-0.3, -0.25) is 4.98 Å². The molecule has 1 saturated carbocycles. The minimum absolute atomic E-state index is 0.406. The van der Waals surface area contributed by atoms with Gasteiger partial charge in [0, 0.05) is 17.8 Å². The molecule has 146 valence electrons. The molecule has 1 heterocycles. The number of fused-ring (bicyclic) bond motifs is 1. The first-order valence-electron chi connectivity index (χ1n) is 10.1. The maximum Gasteiger partial charge on any atom is 0.175 e. The Labute approximate surface area is 167 Å². The van der Waals surface area contributed by atoms with E-state index in [0.717, 1.165) is 5.52 Å². The lowest BCUT2D eigenvalue weighted by Gasteiger charge is -2.19. The topological polar surface area (TPSA) is 47.0 Å². The minimum Gasteiger partial charge on any atom is -0.256 e. The molecule has 0 bridgehead atoms. The molecular formula is C24H27NO2S. The SMILES string of the molecule is C[C@@H](CC1CC[C@@H](c2ccc(S(C)(=O)=O)cc2)C1)c1ccnc2ccccc12. The lowest BCUT2D eigenvalue weighted by molar-refractivity contribution is 0.456. The molecule has 3 atom stereocenters. The van der Waals surface area contributed by atoms with Crippen LogP contribution < -0.4 is 0 Å². The molecule has 3 aromatic rings. The van der Waals surface area contributed by atoms with Crippen molar-refractivity contribution in [2.24, 2.45) is 5.92 Å². The number of para-hydroxylation sites is 1. The Morgan fingerprint density at radius 2 is 1.79 bits per heavy atom. The van der Waals surface area contributed by atoms with Crippen LogP contribution in [0.4, 0.5) is 0 Å². The van der Waals surface area contributed by atoms with Gasteiger partial charge in [0.2, 0.25) is 0 Å². The van der Waals surface area contributed by atoms with Gasteiger partial charge in [-0.15, -0.1) is 0 Å². The first kappa shape index (κ1) is 19.1. The zero-order valence-corrected chi connectivity index (χ0v) is 17.3. The highest BCUT2D eigenvalue weighted by Crippen LogP contribution is 2.43. The summed E-state index contributed by atoms with van der Waals surface area (Å²) >= 11 is 0. The third kappa shape index (κ3) is 3.97. The van der Waals surface area contributed by atoms with Gasteiger partial charge >= 0.3 is 0 Å². The molecule has 0 aliphatic heterocycles. The molecule has 0 radical (unpaired) electrons. The number of hydrogen-bond acceptors (Lipinski definition) is 3. The Balaban J connectivity index is 1.44. The second-order valence-corrected chi connectivity index (χ2v) is 10.3. The van der Waals surface area contributed by atoms with Gasteiger partial charge in [-0.05, 0) is 78.8 Å². The number of aromatic nitrogens is 1. The third-order valence-corrected chi connectivity index (χ3v) is 7.35. The zero-order chi connectivity index (χ0) is 19.7. The van der Waals surface area contributed by atoms with Crippen LogP contribution in [-0.2, 0) is 9.84 Å². The summed E-state index contributed by atoms with van der Waals surface area (Å²) in [7, 11) is -3.12. The van der Waals surface area contributed by atoms with Crippen LogP contribution in [0.1, 0.15) is 55.6 Å². The number of pyridine rings is 1. The van der Waals surface area contributed by atoms with Gasteiger partial charge in [0.05, 0.1) is 10.4 Å². The highest BCUT2D eigenvalue weighted by molar-refractivity contribution is 7.90. The van der Waals surface area contributed by atoms with Gasteiger partial charge in [-0.2, -0.15) is 0 Å². The van der Waals surface area contributed by atoms with E-state index < -0.39 is 9.84 Å². The predicted molar refractivity (Wildman–Crippen MR) is 114 cm³/mol. The summed E-state index contributed by atoms with van der Waals surface area (Å²) in [6, 6.07) is 18.1. The molecule has 3 nitrogen and oxygen atoms in total. The Morgan fingerprint density at radius 3 is 2.54 bits per heavy atom. The normalized spacial score (nSPS) is 21.1. The van der Waals surface area contributed by atoms with E-state index >= 15 is 0 Å². The summed E-state index contributed by atoms with van der Waals surface area (Å²) in [4.78, 5) is 4.90. The fourth-order valence-corrected chi connectivity index (χ4v) is 5.38. The van der Waals surface area contributed by atoms with Crippen LogP contribution >= 0.6 is 0 Å². The number of nitrogens with zero attached hydrogens (tertiary/aromatic N) is 1. The van der Waals surface area contributed by atoms with Crippen molar-refractivity contribution in [1.29, 1.82) is 0 Å². The fraction of sp³-hybridized carbons (Fsp3) is 0.375. The summed E-state index contributed by atoms with van der Waals surface area (Å²) in [6.45, 7) is 2.33. The predicted octanol–water partition coefficient (Wildman–Crippen LogP) is 5.72. The molecule has 0 spiro atoms. The van der Waals surface area contributed by atoms with Gasteiger partial charge in [-0.1, -0.05) is 37.3 Å². The summed E-state index contributed by atoms with van der Waals surface area (Å²) < 4.78 is 23.3. The monoisotopic (exact) mass is 393 g/mol. The standard InChI is InChI=1S/C24H27NO2S/c1-17(22-13-14-25-24-6-4-3-5-23(22)24)15-18-7-8-20(16-18)19-9-11-21(12-10-19)28(2,26)27/h3-6,9-14,17-18,20H,7-8,15-16H2,1-2H3/t17-,18?,20+/m0/s1. The number of hydrogen-bond donors (Lipinski definition) is 0. The van der Waals surface area contributed by atoms with Crippen LogP contribution in [0, 0.1) is 5.92 Å². The van der Waals surface area contributed by atoms with E-state index in [1.807, 2.05) is 24.4 Å². The lowest BCUT2D eigenvalue weighted by atomic mass is 9.87. The van der Waals surface area contributed by atoms with Crippen molar-refractivity contribution in [2.45, 2.75) is 49.3 Å². The minimum atomic E-state index is -3.12. The average Bonchev–Trinajstić information content (AvgIpc) is 3.15. The van der Waals surface area contributed by atoms with E-state index in [1.165, 1.54) is 48.5 Å². The summed E-state index contributed by atoms with van der Waals surface area (Å²) in [6.07, 6.45) is 7.99. The van der Waals surface area contributed by atoms with E-state index in [-0.39, 0.29) is 0 Å². The van der Waals surface area contributed by atoms with E-state index in [0.29, 0.717) is 22.6 Å². The molecule has 1 aliphatic carbocycles. The van der Waals surface area contributed by atoms with Crippen molar-refractivity contribution in [1.82, 2.24) is 4.98 Å². The lowest BCUT2D eigenvalue weighted by Crippen LogP contribution is -2.04. The van der Waals surface area contributed by atoms with Crippen LogP contribution in [0.5, 0.6) is 0 Å². The molecule has 1 fully saturated rings. The van der Waals surface area contributed by atoms with E-state index in [2.05, 4.69) is 36.2 Å². The molecule has 28 heavy (non-hydrogen) atoms. The molecular weight excluding hydrogens is 366 g/mol. The second-order valence-electron chi connectivity index (χ2n) is 8.27. The van der Waals surface area contributed by atoms with Crippen LogP contribution in [0.3, 0.4) is 0 Å². The van der Waals surface area contributed by atoms with Gasteiger partial charge < -0.3 is 0 Å². The summed E-state index contributed by atoms with van der Waals surface area (Å²) in [5.41, 5.74) is 3.74. The van der Waals surface area contributed by atoms with Crippen LogP contribution in [0.2, 0.25) is 0 Å². The maximum atomic E-state index is 11.7. The molecule has 0 N–H and O–H groups in total. The van der Waals surface area contributed by atoms with Gasteiger partial charge in [0.1, 0.15) is 0 Å². The number of sulfone groups is 1. The smallest absolute Gasteiger partial charge is 0.175 e. The second kappa shape index (κ2) is 7.67. The quantitative estimate of drug-likeness (QED) is 0.557. The van der Waals surface area contributed by atoms with Crippen LogP contribution in [0.25, 0.3) is 10.9 Å². The Bertz CT molecular complexity index is 1070. The molecule has 1 aliphatic rings. The fourth-order valence-electron chi connectivity index (χ4n) is 4.75. The highest BCUT2D eigenvalue weighted by Gasteiger charge is 2.28. The zero-order valence-electron chi connectivity index (χ0n) is 16.5. The Hall–Kier alpha value is -2.20. The molecule has 4 heteroatoms. The highest BCUT2D eigenvalue weighted by atomic mass is 32.2. The molecule has 2 aromatic carbocycles. The first-order valence-corrected chi connectivity index (χ1v) is 11.9. The number of rotatable bonds is 5. The van der Waals surface area contributed by atoms with E-state index in [9.17, 15) is 8.42 Å².